The van der Waals surface area contributed by atoms with Crippen LogP contribution in [0.5, 0.6) is 0 Å². The van der Waals surface area contributed by atoms with Crippen molar-refractivity contribution in [3.8, 4) is 0 Å². The molecule has 0 aromatic rings. The average Bonchev–Trinajstić information content (AvgIpc) is 2.25. The molecule has 2 N–H and O–H groups in total. The van der Waals surface area contributed by atoms with E-state index in [-0.39, 0.29) is 0 Å². The van der Waals surface area contributed by atoms with Crippen molar-refractivity contribution in [2.24, 2.45) is 5.92 Å². The van der Waals surface area contributed by atoms with Crippen molar-refractivity contribution in [1.82, 2.24) is 10.6 Å². The number of unbranched alkanes of at least 4 members (excludes halogenated alkanes) is 1. The smallest absolute Gasteiger partial charge is 0.00361 e. The van der Waals surface area contributed by atoms with Crippen molar-refractivity contribution in [2.45, 2.75) is 58.9 Å². The zero-order chi connectivity index (χ0) is 11.5. The summed E-state index contributed by atoms with van der Waals surface area (Å²) in [7, 11) is 2.03. The van der Waals surface area contributed by atoms with Crippen LogP contribution in [0.4, 0.5) is 0 Å². The Bertz CT molecular complexity index is 126. The van der Waals surface area contributed by atoms with Crippen molar-refractivity contribution in [1.29, 1.82) is 0 Å². The Hall–Kier alpha value is -0.0800. The van der Waals surface area contributed by atoms with E-state index in [4.69, 9.17) is 0 Å². The molecular formula is C13H30N2. The molecule has 92 valence electrons. The molecule has 0 saturated heterocycles. The van der Waals surface area contributed by atoms with Gasteiger partial charge in [-0.15, -0.1) is 0 Å². The van der Waals surface area contributed by atoms with Gasteiger partial charge in [0.25, 0.3) is 0 Å². The van der Waals surface area contributed by atoms with E-state index >= 15 is 0 Å². The lowest BCUT2D eigenvalue weighted by Crippen LogP contribution is -2.25. The Kier molecular flexibility index (Phi) is 10.4. The Morgan fingerprint density at radius 2 is 1.80 bits per heavy atom. The van der Waals surface area contributed by atoms with Crippen molar-refractivity contribution in [2.75, 3.05) is 20.1 Å². The summed E-state index contributed by atoms with van der Waals surface area (Å²) in [5, 5.41) is 6.81. The summed E-state index contributed by atoms with van der Waals surface area (Å²) in [5.74, 6) is 0.840. The highest BCUT2D eigenvalue weighted by molar-refractivity contribution is 4.60. The lowest BCUT2D eigenvalue weighted by atomic mass is 10.0. The van der Waals surface area contributed by atoms with Crippen LogP contribution in [0, 0.1) is 5.92 Å². The molecule has 0 heterocycles. The van der Waals surface area contributed by atoms with E-state index in [1.807, 2.05) is 7.05 Å². The fourth-order valence-corrected chi connectivity index (χ4v) is 1.68. The summed E-state index contributed by atoms with van der Waals surface area (Å²) in [6.45, 7) is 9.21. The normalized spacial score (nSPS) is 15.2. The highest BCUT2D eigenvalue weighted by Gasteiger charge is 2.01. The molecule has 15 heavy (non-hydrogen) atoms. The molecule has 0 aliphatic carbocycles. The van der Waals surface area contributed by atoms with Crippen molar-refractivity contribution >= 4 is 0 Å². The Balaban J connectivity index is 3.16. The average molecular weight is 214 g/mol. The molecule has 2 nitrogen and oxygen atoms in total. The zero-order valence-electron chi connectivity index (χ0n) is 11.1. The molecule has 0 aliphatic heterocycles. The maximum Gasteiger partial charge on any atom is 0.00361 e. The predicted molar refractivity (Wildman–Crippen MR) is 69.3 cm³/mol. The van der Waals surface area contributed by atoms with Crippen LogP contribution in [0.1, 0.15) is 52.9 Å². The Labute approximate surface area is 96.2 Å². The first-order chi connectivity index (χ1) is 7.20. The van der Waals surface area contributed by atoms with Gasteiger partial charge < -0.3 is 10.6 Å². The van der Waals surface area contributed by atoms with E-state index in [0.29, 0.717) is 6.04 Å². The van der Waals surface area contributed by atoms with Gasteiger partial charge in [0.15, 0.2) is 0 Å². The van der Waals surface area contributed by atoms with Crippen LogP contribution in [-0.2, 0) is 0 Å². The van der Waals surface area contributed by atoms with E-state index in [0.717, 1.165) is 5.92 Å². The minimum absolute atomic E-state index is 0.657. The van der Waals surface area contributed by atoms with Crippen molar-refractivity contribution in [3.05, 3.63) is 0 Å². The number of rotatable bonds is 10. The van der Waals surface area contributed by atoms with Gasteiger partial charge >= 0.3 is 0 Å². The Morgan fingerprint density at radius 3 is 2.40 bits per heavy atom. The van der Waals surface area contributed by atoms with Crippen LogP contribution < -0.4 is 10.6 Å². The van der Waals surface area contributed by atoms with Crippen molar-refractivity contribution < 1.29 is 0 Å². The van der Waals surface area contributed by atoms with Gasteiger partial charge in [0.2, 0.25) is 0 Å². The van der Waals surface area contributed by atoms with Crippen LogP contribution in [0.25, 0.3) is 0 Å². The molecule has 0 saturated carbocycles. The number of hydrogen-bond donors (Lipinski definition) is 2. The molecule has 0 spiro atoms. The maximum atomic E-state index is 3.55. The van der Waals surface area contributed by atoms with Crippen molar-refractivity contribution in [3.63, 3.8) is 0 Å². The van der Waals surface area contributed by atoms with Crippen LogP contribution >= 0.6 is 0 Å². The van der Waals surface area contributed by atoms with Gasteiger partial charge in [0.05, 0.1) is 0 Å². The van der Waals surface area contributed by atoms with E-state index < -0.39 is 0 Å². The molecule has 0 amide bonds. The highest BCUT2D eigenvalue weighted by Crippen LogP contribution is 2.05. The van der Waals surface area contributed by atoms with Crippen LogP contribution in [0.3, 0.4) is 0 Å². The molecule has 0 rings (SSSR count). The monoisotopic (exact) mass is 214 g/mol. The van der Waals surface area contributed by atoms with Gasteiger partial charge in [0, 0.05) is 6.04 Å². The first-order valence-electron chi connectivity index (χ1n) is 6.58. The minimum atomic E-state index is 0.657. The molecular weight excluding hydrogens is 184 g/mol. The number of hydrogen-bond acceptors (Lipinski definition) is 2. The lowest BCUT2D eigenvalue weighted by molar-refractivity contribution is 0.450. The van der Waals surface area contributed by atoms with E-state index in [1.165, 1.54) is 45.2 Å². The van der Waals surface area contributed by atoms with E-state index in [1.54, 1.807) is 0 Å². The third kappa shape index (κ3) is 10.2. The summed E-state index contributed by atoms with van der Waals surface area (Å²) in [5.41, 5.74) is 0. The van der Waals surface area contributed by atoms with E-state index in [2.05, 4.69) is 31.4 Å². The van der Waals surface area contributed by atoms with Gasteiger partial charge in [-0.25, -0.2) is 0 Å². The second-order valence-electron chi connectivity index (χ2n) is 4.78. The zero-order valence-corrected chi connectivity index (χ0v) is 11.1. The summed E-state index contributed by atoms with van der Waals surface area (Å²) in [6.07, 6.45) is 6.62. The summed E-state index contributed by atoms with van der Waals surface area (Å²) in [4.78, 5) is 0. The molecule has 2 unspecified atom stereocenters. The standard InChI is InChI=1S/C13H30N2/c1-5-6-8-12(2)11-15-10-7-9-13(3)14-4/h12-15H,5-11H2,1-4H3. The summed E-state index contributed by atoms with van der Waals surface area (Å²) >= 11 is 0. The van der Waals surface area contributed by atoms with Gasteiger partial charge in [-0.05, 0) is 52.2 Å². The fraction of sp³-hybridized carbons (Fsp3) is 1.00. The lowest BCUT2D eigenvalue weighted by Gasteiger charge is -2.13. The molecule has 2 atom stereocenters. The number of nitrogens with one attached hydrogen (secondary N) is 2. The van der Waals surface area contributed by atoms with Gasteiger partial charge in [-0.3, -0.25) is 0 Å². The van der Waals surface area contributed by atoms with Crippen LogP contribution in [-0.4, -0.2) is 26.2 Å². The summed E-state index contributed by atoms with van der Waals surface area (Å²) in [6, 6.07) is 0.657. The molecule has 0 aromatic carbocycles. The third-order valence-corrected chi connectivity index (χ3v) is 3.03. The molecule has 0 aliphatic rings. The minimum Gasteiger partial charge on any atom is -0.317 e. The van der Waals surface area contributed by atoms with Crippen LogP contribution in [0.2, 0.25) is 0 Å². The molecule has 0 aromatic heterocycles. The maximum absolute atomic E-state index is 3.55. The largest absolute Gasteiger partial charge is 0.317 e. The van der Waals surface area contributed by atoms with Crippen LogP contribution in [0.15, 0.2) is 0 Å². The first kappa shape index (κ1) is 14.9. The fourth-order valence-electron chi connectivity index (χ4n) is 1.68. The molecule has 2 heteroatoms. The predicted octanol–water partition coefficient (Wildman–Crippen LogP) is 2.79. The van der Waals surface area contributed by atoms with E-state index in [9.17, 15) is 0 Å². The van der Waals surface area contributed by atoms with Gasteiger partial charge in [-0.1, -0.05) is 26.7 Å². The third-order valence-electron chi connectivity index (χ3n) is 3.03. The second-order valence-corrected chi connectivity index (χ2v) is 4.78. The Morgan fingerprint density at radius 1 is 1.07 bits per heavy atom. The quantitative estimate of drug-likeness (QED) is 0.546. The molecule has 0 bridgehead atoms. The highest BCUT2D eigenvalue weighted by atomic mass is 14.9. The second kappa shape index (κ2) is 10.4. The van der Waals surface area contributed by atoms with Gasteiger partial charge in [-0.2, -0.15) is 0 Å². The summed E-state index contributed by atoms with van der Waals surface area (Å²) < 4.78 is 0. The molecule has 0 radical (unpaired) electrons. The molecule has 0 fully saturated rings. The SMILES string of the molecule is CCCCC(C)CNCCCC(C)NC. The first-order valence-corrected chi connectivity index (χ1v) is 6.58. The van der Waals surface area contributed by atoms with Gasteiger partial charge in [0.1, 0.15) is 0 Å². The topological polar surface area (TPSA) is 24.1 Å².